The van der Waals surface area contributed by atoms with Gasteiger partial charge in [0.05, 0.1) is 0 Å². The normalized spacial score (nSPS) is 11.0. The lowest BCUT2D eigenvalue weighted by Gasteiger charge is -2.17. The average Bonchev–Trinajstić information content (AvgIpc) is 2.89. The third-order valence-corrected chi connectivity index (χ3v) is 6.28. The molecular formula is C32H23N. The summed E-state index contributed by atoms with van der Waals surface area (Å²) in [5.74, 6) is 0. The van der Waals surface area contributed by atoms with Gasteiger partial charge in [0.2, 0.25) is 0 Å². The monoisotopic (exact) mass is 421 g/mol. The van der Waals surface area contributed by atoms with Crippen molar-refractivity contribution >= 4 is 32.9 Å². The molecule has 0 spiro atoms. The summed E-state index contributed by atoms with van der Waals surface area (Å²) < 4.78 is 0. The van der Waals surface area contributed by atoms with Crippen LogP contribution in [0.4, 0.5) is 11.4 Å². The van der Waals surface area contributed by atoms with E-state index in [9.17, 15) is 0 Å². The molecule has 0 atom stereocenters. The van der Waals surface area contributed by atoms with Gasteiger partial charge in [-0.25, -0.2) is 0 Å². The number of benzene rings is 6. The summed E-state index contributed by atoms with van der Waals surface area (Å²) in [6.45, 7) is 0. The van der Waals surface area contributed by atoms with Gasteiger partial charge < -0.3 is 5.32 Å². The zero-order valence-electron chi connectivity index (χ0n) is 18.2. The SMILES string of the molecule is c1ccc(-c2cccc3ccccc23)c(Nc2ccccc2-c2cccc3ccccc23)c1. The minimum Gasteiger partial charge on any atom is -0.355 e. The fraction of sp³-hybridized carbons (Fsp3) is 0. The van der Waals surface area contributed by atoms with Crippen molar-refractivity contribution in [1.29, 1.82) is 0 Å². The van der Waals surface area contributed by atoms with Crippen molar-refractivity contribution < 1.29 is 0 Å². The predicted octanol–water partition coefficient (Wildman–Crippen LogP) is 9.07. The molecule has 0 heterocycles. The Morgan fingerprint density at radius 3 is 1.18 bits per heavy atom. The summed E-state index contributed by atoms with van der Waals surface area (Å²) in [7, 11) is 0. The van der Waals surface area contributed by atoms with E-state index in [2.05, 4.69) is 139 Å². The molecule has 0 saturated carbocycles. The van der Waals surface area contributed by atoms with Gasteiger partial charge >= 0.3 is 0 Å². The van der Waals surface area contributed by atoms with Crippen molar-refractivity contribution in [2.75, 3.05) is 5.32 Å². The average molecular weight is 422 g/mol. The quantitative estimate of drug-likeness (QED) is 0.299. The fourth-order valence-corrected chi connectivity index (χ4v) is 4.72. The highest BCUT2D eigenvalue weighted by Crippen LogP contribution is 2.39. The van der Waals surface area contributed by atoms with Gasteiger partial charge in [-0.3, -0.25) is 0 Å². The Morgan fingerprint density at radius 2 is 0.667 bits per heavy atom. The van der Waals surface area contributed by atoms with Crippen molar-refractivity contribution in [2.24, 2.45) is 0 Å². The predicted molar refractivity (Wildman–Crippen MR) is 142 cm³/mol. The Kier molecular flexibility index (Phi) is 4.86. The van der Waals surface area contributed by atoms with E-state index < -0.39 is 0 Å². The minimum atomic E-state index is 1.10. The summed E-state index contributed by atoms with van der Waals surface area (Å²) in [6.07, 6.45) is 0. The van der Waals surface area contributed by atoms with Crippen LogP contribution in [0.5, 0.6) is 0 Å². The van der Waals surface area contributed by atoms with Crippen LogP contribution >= 0.6 is 0 Å². The molecule has 0 aliphatic rings. The van der Waals surface area contributed by atoms with Crippen molar-refractivity contribution in [2.45, 2.75) is 0 Å². The standard InChI is InChI=1S/C32H23N/c1-3-15-25-23(11-1)13-9-19-27(25)29-17-5-7-21-31(29)33-32-22-8-6-18-30(32)28-20-10-14-24-12-2-4-16-26(24)28/h1-22,33H. The molecule has 0 aliphatic heterocycles. The second kappa shape index (κ2) is 8.29. The number of hydrogen-bond acceptors (Lipinski definition) is 1. The van der Waals surface area contributed by atoms with Gasteiger partial charge in [0, 0.05) is 22.5 Å². The van der Waals surface area contributed by atoms with Crippen LogP contribution in [-0.2, 0) is 0 Å². The maximum atomic E-state index is 3.77. The van der Waals surface area contributed by atoms with Crippen molar-refractivity contribution in [3.05, 3.63) is 133 Å². The molecule has 6 aromatic rings. The van der Waals surface area contributed by atoms with E-state index in [1.54, 1.807) is 0 Å². The Balaban J connectivity index is 1.49. The Morgan fingerprint density at radius 1 is 0.303 bits per heavy atom. The molecule has 1 heteroatoms. The second-order valence-electron chi connectivity index (χ2n) is 8.27. The van der Waals surface area contributed by atoms with Gasteiger partial charge in [-0.1, -0.05) is 121 Å². The van der Waals surface area contributed by atoms with Crippen molar-refractivity contribution in [3.8, 4) is 22.3 Å². The second-order valence-corrected chi connectivity index (χ2v) is 8.27. The summed E-state index contributed by atoms with van der Waals surface area (Å²) in [5.41, 5.74) is 7.06. The minimum absolute atomic E-state index is 1.10. The fourth-order valence-electron chi connectivity index (χ4n) is 4.72. The molecule has 0 fully saturated rings. The van der Waals surface area contributed by atoms with Gasteiger partial charge in [0.1, 0.15) is 0 Å². The molecule has 0 bridgehead atoms. The molecule has 1 N–H and O–H groups in total. The molecule has 0 aromatic heterocycles. The van der Waals surface area contributed by atoms with E-state index in [0.29, 0.717) is 0 Å². The first-order valence-electron chi connectivity index (χ1n) is 11.3. The lowest BCUT2D eigenvalue weighted by Crippen LogP contribution is -1.96. The zero-order chi connectivity index (χ0) is 22.0. The van der Waals surface area contributed by atoms with Crippen LogP contribution in [0.15, 0.2) is 133 Å². The molecule has 0 unspecified atom stereocenters. The topological polar surface area (TPSA) is 12.0 Å². The van der Waals surface area contributed by atoms with E-state index >= 15 is 0 Å². The molecule has 0 amide bonds. The van der Waals surface area contributed by atoms with Crippen molar-refractivity contribution in [1.82, 2.24) is 0 Å². The summed E-state index contributed by atoms with van der Waals surface area (Å²) in [6, 6.07) is 47.3. The number of anilines is 2. The van der Waals surface area contributed by atoms with Gasteiger partial charge in [-0.2, -0.15) is 0 Å². The highest BCUT2D eigenvalue weighted by atomic mass is 14.9. The molecule has 6 rings (SSSR count). The van der Waals surface area contributed by atoms with E-state index in [0.717, 1.165) is 11.4 Å². The van der Waals surface area contributed by atoms with Crippen LogP contribution < -0.4 is 5.32 Å². The molecular weight excluding hydrogens is 398 g/mol. The van der Waals surface area contributed by atoms with Crippen LogP contribution in [-0.4, -0.2) is 0 Å². The molecule has 0 saturated heterocycles. The first-order chi connectivity index (χ1) is 16.4. The summed E-state index contributed by atoms with van der Waals surface area (Å²) >= 11 is 0. The molecule has 0 aliphatic carbocycles. The number of fused-ring (bicyclic) bond motifs is 2. The van der Waals surface area contributed by atoms with Gasteiger partial charge in [0.25, 0.3) is 0 Å². The van der Waals surface area contributed by atoms with Crippen LogP contribution in [0, 0.1) is 0 Å². The van der Waals surface area contributed by atoms with Gasteiger partial charge in [-0.15, -0.1) is 0 Å². The molecule has 1 nitrogen and oxygen atoms in total. The highest BCUT2D eigenvalue weighted by Gasteiger charge is 2.12. The van der Waals surface area contributed by atoms with Gasteiger partial charge in [-0.05, 0) is 44.8 Å². The van der Waals surface area contributed by atoms with Crippen LogP contribution in [0.25, 0.3) is 43.8 Å². The Labute approximate surface area is 194 Å². The number of hydrogen-bond donors (Lipinski definition) is 1. The molecule has 156 valence electrons. The maximum Gasteiger partial charge on any atom is 0.0464 e. The van der Waals surface area contributed by atoms with E-state index in [4.69, 9.17) is 0 Å². The van der Waals surface area contributed by atoms with E-state index in [1.165, 1.54) is 43.8 Å². The lowest BCUT2D eigenvalue weighted by atomic mass is 9.95. The highest BCUT2D eigenvalue weighted by molar-refractivity contribution is 6.02. The largest absolute Gasteiger partial charge is 0.355 e. The summed E-state index contributed by atoms with van der Waals surface area (Å²) in [4.78, 5) is 0. The number of nitrogens with one attached hydrogen (secondary N) is 1. The molecule has 6 aromatic carbocycles. The third-order valence-electron chi connectivity index (χ3n) is 6.28. The Bertz CT molecular complexity index is 1460. The van der Waals surface area contributed by atoms with Crippen LogP contribution in [0.3, 0.4) is 0 Å². The zero-order valence-corrected chi connectivity index (χ0v) is 18.2. The van der Waals surface area contributed by atoms with Crippen LogP contribution in [0.2, 0.25) is 0 Å². The number of para-hydroxylation sites is 2. The third kappa shape index (κ3) is 3.54. The van der Waals surface area contributed by atoms with Crippen LogP contribution in [0.1, 0.15) is 0 Å². The first kappa shape index (κ1) is 19.3. The first-order valence-corrected chi connectivity index (χ1v) is 11.3. The van der Waals surface area contributed by atoms with E-state index in [1.807, 2.05) is 0 Å². The van der Waals surface area contributed by atoms with E-state index in [-0.39, 0.29) is 0 Å². The molecule has 0 radical (unpaired) electrons. The lowest BCUT2D eigenvalue weighted by molar-refractivity contribution is 1.53. The smallest absolute Gasteiger partial charge is 0.0464 e. The maximum absolute atomic E-state index is 3.77. The summed E-state index contributed by atoms with van der Waals surface area (Å²) in [5, 5.41) is 8.79. The Hall–Kier alpha value is -4.36. The number of rotatable bonds is 4. The van der Waals surface area contributed by atoms with Gasteiger partial charge in [0.15, 0.2) is 0 Å². The molecule has 33 heavy (non-hydrogen) atoms. The van der Waals surface area contributed by atoms with Crippen molar-refractivity contribution in [3.63, 3.8) is 0 Å².